The predicted molar refractivity (Wildman–Crippen MR) is 120 cm³/mol. The molecular weight excluding hydrogens is 360 g/mol. The number of nitrogens with one attached hydrogen (secondary N) is 1. The van der Waals surface area contributed by atoms with E-state index in [-0.39, 0.29) is 5.91 Å². The minimum atomic E-state index is 0.0858. The number of nitrogens with zero attached hydrogens (tertiary/aromatic N) is 1. The maximum absolute atomic E-state index is 12.2. The fraction of sp³-hybridized carbons (Fsp3) is 0.320. The van der Waals surface area contributed by atoms with Crippen molar-refractivity contribution < 1.29 is 9.53 Å². The third kappa shape index (κ3) is 5.36. The molecule has 4 nitrogen and oxygen atoms in total. The van der Waals surface area contributed by atoms with Crippen LogP contribution in [0.2, 0.25) is 0 Å². The van der Waals surface area contributed by atoms with Crippen LogP contribution >= 0.6 is 0 Å². The van der Waals surface area contributed by atoms with Crippen LogP contribution in [0.3, 0.4) is 0 Å². The summed E-state index contributed by atoms with van der Waals surface area (Å²) >= 11 is 0. The summed E-state index contributed by atoms with van der Waals surface area (Å²) in [6, 6.07) is 23.2. The Kier molecular flexibility index (Phi) is 6.42. The molecule has 0 spiro atoms. The Bertz CT molecular complexity index is 946. The van der Waals surface area contributed by atoms with Crippen LogP contribution in [0.1, 0.15) is 24.8 Å². The van der Waals surface area contributed by atoms with Crippen molar-refractivity contribution in [1.29, 1.82) is 0 Å². The van der Waals surface area contributed by atoms with Crippen LogP contribution in [-0.2, 0) is 16.0 Å². The molecule has 1 aliphatic heterocycles. The zero-order valence-corrected chi connectivity index (χ0v) is 16.8. The first kappa shape index (κ1) is 19.5. The van der Waals surface area contributed by atoms with Crippen molar-refractivity contribution in [3.05, 3.63) is 72.3 Å². The Morgan fingerprint density at radius 2 is 1.66 bits per heavy atom. The lowest BCUT2D eigenvalue weighted by molar-refractivity contribution is -0.116. The van der Waals surface area contributed by atoms with Crippen molar-refractivity contribution >= 4 is 28.1 Å². The van der Waals surface area contributed by atoms with Crippen molar-refractivity contribution in [2.75, 3.05) is 36.5 Å². The highest BCUT2D eigenvalue weighted by Crippen LogP contribution is 2.20. The van der Waals surface area contributed by atoms with Crippen LogP contribution in [0.25, 0.3) is 10.8 Å². The fourth-order valence-corrected chi connectivity index (χ4v) is 3.81. The molecule has 4 heteroatoms. The molecule has 4 rings (SSSR count). The molecule has 1 N–H and O–H groups in total. The Hall–Kier alpha value is -2.85. The van der Waals surface area contributed by atoms with Crippen LogP contribution in [-0.4, -0.2) is 32.2 Å². The highest BCUT2D eigenvalue weighted by Gasteiger charge is 2.11. The third-order valence-electron chi connectivity index (χ3n) is 5.46. The van der Waals surface area contributed by atoms with Crippen molar-refractivity contribution in [3.8, 4) is 0 Å². The van der Waals surface area contributed by atoms with E-state index in [1.807, 2.05) is 12.1 Å². The van der Waals surface area contributed by atoms with Crippen molar-refractivity contribution in [3.63, 3.8) is 0 Å². The Balaban J connectivity index is 1.20. The highest BCUT2D eigenvalue weighted by atomic mass is 16.5. The van der Waals surface area contributed by atoms with Gasteiger partial charge in [0.05, 0.1) is 13.2 Å². The second-order valence-electron chi connectivity index (χ2n) is 7.58. The van der Waals surface area contributed by atoms with E-state index in [1.165, 1.54) is 22.0 Å². The summed E-state index contributed by atoms with van der Waals surface area (Å²) in [5.74, 6) is 0.0858. The molecule has 0 aromatic heterocycles. The summed E-state index contributed by atoms with van der Waals surface area (Å²) in [7, 11) is 0. The molecule has 1 heterocycles. The van der Waals surface area contributed by atoms with E-state index in [9.17, 15) is 4.79 Å². The van der Waals surface area contributed by atoms with Gasteiger partial charge in [0.25, 0.3) is 0 Å². The lowest BCUT2D eigenvalue weighted by Crippen LogP contribution is -2.36. The van der Waals surface area contributed by atoms with Gasteiger partial charge in [-0.1, -0.05) is 42.5 Å². The Labute approximate surface area is 172 Å². The molecule has 0 aliphatic carbocycles. The number of benzene rings is 3. The largest absolute Gasteiger partial charge is 0.378 e. The lowest BCUT2D eigenvalue weighted by Gasteiger charge is -2.28. The average Bonchev–Trinajstić information content (AvgIpc) is 2.78. The number of carbonyl (C=O) groups excluding carboxylic acids is 1. The molecule has 1 aliphatic rings. The fourth-order valence-electron chi connectivity index (χ4n) is 3.81. The smallest absolute Gasteiger partial charge is 0.224 e. The minimum Gasteiger partial charge on any atom is -0.378 e. The van der Waals surface area contributed by atoms with E-state index in [2.05, 4.69) is 64.8 Å². The molecule has 1 saturated heterocycles. The molecule has 3 aromatic rings. The quantitative estimate of drug-likeness (QED) is 0.577. The second kappa shape index (κ2) is 9.57. The molecule has 0 radical (unpaired) electrons. The van der Waals surface area contributed by atoms with Crippen molar-refractivity contribution in [2.24, 2.45) is 0 Å². The van der Waals surface area contributed by atoms with Gasteiger partial charge in [-0.25, -0.2) is 0 Å². The van der Waals surface area contributed by atoms with E-state index in [1.54, 1.807) is 0 Å². The molecule has 3 aromatic carbocycles. The van der Waals surface area contributed by atoms with Gasteiger partial charge in [0.1, 0.15) is 0 Å². The monoisotopic (exact) mass is 388 g/mol. The highest BCUT2D eigenvalue weighted by molar-refractivity contribution is 5.90. The standard InChI is InChI=1S/C25H28N2O2/c28-25(26-23-11-13-24(14-12-23)27-15-17-29-18-16-27)8-4-1-5-20-9-10-21-6-2-3-7-22(21)19-20/h2-3,6-7,9-14,19H,1,4-5,8,15-18H2,(H,26,28). The number of aryl methyl sites for hydroxylation is 1. The van der Waals surface area contributed by atoms with Gasteiger partial charge in [-0.3, -0.25) is 4.79 Å². The molecule has 0 saturated carbocycles. The molecule has 0 atom stereocenters. The molecular formula is C25H28N2O2. The average molecular weight is 389 g/mol. The number of unbranched alkanes of at least 4 members (excludes halogenated alkanes) is 1. The first-order valence-electron chi connectivity index (χ1n) is 10.5. The normalized spacial score (nSPS) is 14.1. The molecule has 150 valence electrons. The number of ether oxygens (including phenoxy) is 1. The van der Waals surface area contributed by atoms with Gasteiger partial charge in [0, 0.05) is 30.9 Å². The first-order valence-corrected chi connectivity index (χ1v) is 10.5. The van der Waals surface area contributed by atoms with Gasteiger partial charge in [0.15, 0.2) is 0 Å². The zero-order valence-electron chi connectivity index (χ0n) is 16.8. The van der Waals surface area contributed by atoms with E-state index in [0.29, 0.717) is 6.42 Å². The van der Waals surface area contributed by atoms with Gasteiger partial charge >= 0.3 is 0 Å². The number of anilines is 2. The van der Waals surface area contributed by atoms with E-state index < -0.39 is 0 Å². The van der Waals surface area contributed by atoms with Crippen molar-refractivity contribution in [1.82, 2.24) is 0 Å². The van der Waals surface area contributed by atoms with E-state index in [0.717, 1.165) is 51.3 Å². The summed E-state index contributed by atoms with van der Waals surface area (Å²) in [6.07, 6.45) is 3.47. The van der Waals surface area contributed by atoms with Gasteiger partial charge < -0.3 is 15.0 Å². The van der Waals surface area contributed by atoms with Gasteiger partial charge in [-0.2, -0.15) is 0 Å². The lowest BCUT2D eigenvalue weighted by atomic mass is 10.0. The second-order valence-corrected chi connectivity index (χ2v) is 7.58. The number of amides is 1. The van der Waals surface area contributed by atoms with Crippen LogP contribution in [0, 0.1) is 0 Å². The number of hydrogen-bond donors (Lipinski definition) is 1. The molecule has 29 heavy (non-hydrogen) atoms. The summed E-state index contributed by atoms with van der Waals surface area (Å²) in [4.78, 5) is 14.6. The van der Waals surface area contributed by atoms with Crippen molar-refractivity contribution in [2.45, 2.75) is 25.7 Å². The zero-order chi connectivity index (χ0) is 19.9. The summed E-state index contributed by atoms with van der Waals surface area (Å²) in [5.41, 5.74) is 3.38. The SMILES string of the molecule is O=C(CCCCc1ccc2ccccc2c1)Nc1ccc(N2CCOCC2)cc1. The van der Waals surface area contributed by atoms with Crippen LogP contribution in [0.5, 0.6) is 0 Å². The molecule has 0 unspecified atom stereocenters. The van der Waals surface area contributed by atoms with E-state index >= 15 is 0 Å². The number of rotatable bonds is 7. The number of hydrogen-bond acceptors (Lipinski definition) is 3. The Morgan fingerprint density at radius 1 is 0.897 bits per heavy atom. The summed E-state index contributed by atoms with van der Waals surface area (Å²) in [5, 5.41) is 5.57. The van der Waals surface area contributed by atoms with Crippen LogP contribution in [0.15, 0.2) is 66.7 Å². The van der Waals surface area contributed by atoms with Gasteiger partial charge in [0.2, 0.25) is 5.91 Å². The number of fused-ring (bicyclic) bond motifs is 1. The van der Waals surface area contributed by atoms with Crippen LogP contribution < -0.4 is 10.2 Å². The van der Waals surface area contributed by atoms with Gasteiger partial charge in [-0.05, 0) is 59.9 Å². The summed E-state index contributed by atoms with van der Waals surface area (Å²) in [6.45, 7) is 3.39. The maximum Gasteiger partial charge on any atom is 0.224 e. The predicted octanol–water partition coefficient (Wildman–Crippen LogP) is 5.03. The molecule has 0 bridgehead atoms. The van der Waals surface area contributed by atoms with Crippen LogP contribution in [0.4, 0.5) is 11.4 Å². The molecule has 1 amide bonds. The molecule has 1 fully saturated rings. The van der Waals surface area contributed by atoms with Gasteiger partial charge in [-0.15, -0.1) is 0 Å². The first-order chi connectivity index (χ1) is 14.3. The number of carbonyl (C=O) groups is 1. The topological polar surface area (TPSA) is 41.6 Å². The van der Waals surface area contributed by atoms with E-state index in [4.69, 9.17) is 4.74 Å². The minimum absolute atomic E-state index is 0.0858. The summed E-state index contributed by atoms with van der Waals surface area (Å²) < 4.78 is 5.39. The number of morpholine rings is 1. The maximum atomic E-state index is 12.2. The third-order valence-corrected chi connectivity index (χ3v) is 5.46. The Morgan fingerprint density at radius 3 is 2.45 bits per heavy atom.